The van der Waals surface area contributed by atoms with Gasteiger partial charge in [0.25, 0.3) is 0 Å². The van der Waals surface area contributed by atoms with Crippen LogP contribution < -0.4 is 0 Å². The summed E-state index contributed by atoms with van der Waals surface area (Å²) in [4.78, 5) is 34.5. The molecular weight excluding hydrogens is 453 g/mol. The van der Waals surface area contributed by atoms with E-state index in [4.69, 9.17) is 4.74 Å². The molecule has 0 saturated carbocycles. The average molecular weight is 478 g/mol. The molecule has 3 heterocycles. The van der Waals surface area contributed by atoms with Crippen LogP contribution in [0.25, 0.3) is 10.9 Å². The lowest BCUT2D eigenvalue weighted by Gasteiger charge is -2.38. The lowest BCUT2D eigenvalue weighted by molar-refractivity contribution is -0.129. The topological polar surface area (TPSA) is 62.7 Å². The van der Waals surface area contributed by atoms with Crippen molar-refractivity contribution in [1.29, 1.82) is 0 Å². The van der Waals surface area contributed by atoms with E-state index >= 15 is 0 Å². The maximum Gasteiger partial charge on any atom is 0.411 e. The van der Waals surface area contributed by atoms with Crippen LogP contribution in [0.3, 0.4) is 0 Å². The van der Waals surface area contributed by atoms with E-state index in [0.29, 0.717) is 18.6 Å². The lowest BCUT2D eigenvalue weighted by Crippen LogP contribution is -2.48. The number of amides is 2. The number of pyridine rings is 1. The Morgan fingerprint density at radius 2 is 1.97 bits per heavy atom. The van der Waals surface area contributed by atoms with Gasteiger partial charge in [-0.2, -0.15) is 0 Å². The van der Waals surface area contributed by atoms with Crippen molar-refractivity contribution >= 4 is 34.7 Å². The molecule has 0 spiro atoms. The van der Waals surface area contributed by atoms with Gasteiger partial charge in [-0.3, -0.25) is 14.7 Å². The van der Waals surface area contributed by atoms with E-state index in [9.17, 15) is 14.0 Å². The highest BCUT2D eigenvalue weighted by molar-refractivity contribution is 8.00. The van der Waals surface area contributed by atoms with Gasteiger partial charge in [0.2, 0.25) is 5.91 Å². The largest absolute Gasteiger partial charge is 0.443 e. The molecule has 34 heavy (non-hydrogen) atoms. The molecular formula is C26H24FN3O3S. The number of hydrogen-bond acceptors (Lipinski definition) is 5. The summed E-state index contributed by atoms with van der Waals surface area (Å²) in [6.07, 6.45) is 3.58. The molecule has 2 amide bonds. The zero-order chi connectivity index (χ0) is 23.2. The molecule has 2 saturated heterocycles. The second-order valence-electron chi connectivity index (χ2n) is 9.05. The van der Waals surface area contributed by atoms with Crippen LogP contribution in [0.2, 0.25) is 0 Å². The van der Waals surface area contributed by atoms with Crippen LogP contribution in [0.5, 0.6) is 0 Å². The summed E-state index contributed by atoms with van der Waals surface area (Å²) in [5, 5.41) is 0.720. The number of aromatic nitrogens is 1. The number of hydrogen-bond donors (Lipinski definition) is 0. The quantitative estimate of drug-likeness (QED) is 0.515. The summed E-state index contributed by atoms with van der Waals surface area (Å²) in [6, 6.07) is 14.6. The summed E-state index contributed by atoms with van der Waals surface area (Å²) >= 11 is 1.41. The molecule has 2 fully saturated rings. The second-order valence-corrected chi connectivity index (χ2v) is 10.1. The van der Waals surface area contributed by atoms with Gasteiger partial charge in [-0.15, -0.1) is 11.8 Å². The maximum atomic E-state index is 13.7. The smallest absolute Gasteiger partial charge is 0.411 e. The first kappa shape index (κ1) is 21.4. The Balaban J connectivity index is 1.09. The van der Waals surface area contributed by atoms with E-state index < -0.39 is 0 Å². The van der Waals surface area contributed by atoms with Crippen LogP contribution in [0.15, 0.2) is 59.6 Å². The minimum absolute atomic E-state index is 0.0214. The first-order valence-electron chi connectivity index (χ1n) is 11.6. The molecule has 3 aliphatic rings. The molecule has 0 unspecified atom stereocenters. The van der Waals surface area contributed by atoms with Gasteiger partial charge in [0.05, 0.1) is 17.3 Å². The van der Waals surface area contributed by atoms with E-state index in [1.165, 1.54) is 35.0 Å². The number of nitrogens with zero attached hydrogens (tertiary/aromatic N) is 3. The van der Waals surface area contributed by atoms with E-state index in [0.717, 1.165) is 29.5 Å². The predicted molar refractivity (Wildman–Crippen MR) is 127 cm³/mol. The first-order valence-corrected chi connectivity index (χ1v) is 12.6. The molecule has 1 aliphatic carbocycles. The third-order valence-electron chi connectivity index (χ3n) is 7.14. The van der Waals surface area contributed by atoms with E-state index in [1.54, 1.807) is 12.3 Å². The molecule has 0 bridgehead atoms. The fourth-order valence-corrected chi connectivity index (χ4v) is 6.43. The van der Waals surface area contributed by atoms with Crippen LogP contribution in [0.1, 0.15) is 30.0 Å². The van der Waals surface area contributed by atoms with Gasteiger partial charge in [0.1, 0.15) is 11.9 Å². The van der Waals surface area contributed by atoms with Crippen molar-refractivity contribution in [2.75, 3.05) is 18.8 Å². The van der Waals surface area contributed by atoms with Gasteiger partial charge in [-0.25, -0.2) is 9.18 Å². The van der Waals surface area contributed by atoms with Gasteiger partial charge in [0, 0.05) is 42.0 Å². The fourth-order valence-electron chi connectivity index (χ4n) is 5.50. The Hall–Kier alpha value is -3.13. The van der Waals surface area contributed by atoms with Crippen molar-refractivity contribution in [3.8, 4) is 0 Å². The fraction of sp³-hybridized carbons (Fsp3) is 0.346. The van der Waals surface area contributed by atoms with Gasteiger partial charge < -0.3 is 9.64 Å². The van der Waals surface area contributed by atoms with Crippen molar-refractivity contribution in [3.05, 3.63) is 71.7 Å². The molecule has 3 aromatic rings. The summed E-state index contributed by atoms with van der Waals surface area (Å²) in [6.45, 7) is 1.22. The zero-order valence-electron chi connectivity index (χ0n) is 18.5. The second kappa shape index (κ2) is 8.58. The van der Waals surface area contributed by atoms with E-state index in [2.05, 4.69) is 17.1 Å². The summed E-state index contributed by atoms with van der Waals surface area (Å²) in [5.74, 6) is 0.0191. The lowest BCUT2D eigenvalue weighted by atomic mass is 9.99. The number of ether oxygens (including phenoxy) is 1. The summed E-state index contributed by atoms with van der Waals surface area (Å²) in [5.41, 5.74) is 3.15. The van der Waals surface area contributed by atoms with Crippen LogP contribution >= 0.6 is 11.8 Å². The summed E-state index contributed by atoms with van der Waals surface area (Å²) in [7, 11) is 0. The highest BCUT2D eigenvalue weighted by Crippen LogP contribution is 2.44. The van der Waals surface area contributed by atoms with Crippen LogP contribution in [-0.2, 0) is 16.0 Å². The highest BCUT2D eigenvalue weighted by atomic mass is 32.2. The van der Waals surface area contributed by atoms with Crippen molar-refractivity contribution < 1.29 is 18.7 Å². The highest BCUT2D eigenvalue weighted by Gasteiger charge is 2.50. The van der Waals surface area contributed by atoms with Crippen molar-refractivity contribution in [1.82, 2.24) is 14.8 Å². The molecule has 8 heteroatoms. The molecule has 2 aromatic carbocycles. The SMILES string of the molecule is O=C(CSc1ccnc2ccc(F)cc12)N1CCC(N2C(=O)O[C@@H]3Cc4ccccc4[C@@H]32)CC1. The number of fused-ring (bicyclic) bond motifs is 4. The molecule has 1 aromatic heterocycles. The Kier molecular flexibility index (Phi) is 5.40. The number of rotatable bonds is 4. The van der Waals surface area contributed by atoms with Crippen LogP contribution in [0, 0.1) is 5.82 Å². The van der Waals surface area contributed by atoms with Crippen LogP contribution in [0.4, 0.5) is 9.18 Å². The monoisotopic (exact) mass is 477 g/mol. The number of piperidine rings is 1. The normalized spacial score (nSPS) is 22.1. The first-order chi connectivity index (χ1) is 16.6. The Labute approximate surface area is 201 Å². The van der Waals surface area contributed by atoms with Crippen molar-refractivity contribution in [2.45, 2.75) is 42.3 Å². The third-order valence-corrected chi connectivity index (χ3v) is 8.19. The third kappa shape index (κ3) is 3.70. The molecule has 0 radical (unpaired) electrons. The molecule has 6 nitrogen and oxygen atoms in total. The number of carbonyl (C=O) groups excluding carboxylic acids is 2. The Bertz CT molecular complexity index is 1280. The van der Waals surface area contributed by atoms with E-state index in [1.807, 2.05) is 28.0 Å². The maximum absolute atomic E-state index is 13.7. The predicted octanol–water partition coefficient (Wildman–Crippen LogP) is 4.58. The molecule has 2 aliphatic heterocycles. The van der Waals surface area contributed by atoms with E-state index in [-0.39, 0.29) is 41.8 Å². The molecule has 6 rings (SSSR count). The molecule has 0 N–H and O–H groups in total. The Morgan fingerprint density at radius 3 is 2.82 bits per heavy atom. The van der Waals surface area contributed by atoms with Crippen LogP contribution in [-0.4, -0.2) is 57.8 Å². The number of carbonyl (C=O) groups is 2. The zero-order valence-corrected chi connectivity index (χ0v) is 19.3. The number of benzene rings is 2. The van der Waals surface area contributed by atoms with Gasteiger partial charge in [0.15, 0.2) is 0 Å². The number of likely N-dealkylation sites (tertiary alicyclic amines) is 1. The Morgan fingerprint density at radius 1 is 1.15 bits per heavy atom. The number of halogens is 1. The summed E-state index contributed by atoms with van der Waals surface area (Å²) < 4.78 is 19.4. The molecule has 2 atom stereocenters. The van der Waals surface area contributed by atoms with Gasteiger partial charge >= 0.3 is 6.09 Å². The van der Waals surface area contributed by atoms with Gasteiger partial charge in [-0.05, 0) is 48.2 Å². The number of thioether (sulfide) groups is 1. The van der Waals surface area contributed by atoms with Crippen molar-refractivity contribution in [2.24, 2.45) is 0 Å². The van der Waals surface area contributed by atoms with Gasteiger partial charge in [-0.1, -0.05) is 24.3 Å². The minimum Gasteiger partial charge on any atom is -0.443 e. The molecule has 174 valence electrons. The van der Waals surface area contributed by atoms with Crippen molar-refractivity contribution in [3.63, 3.8) is 0 Å². The standard InChI is InChI=1S/C26H24FN3O3S/c27-17-5-6-21-20(14-17)23(7-10-28-21)34-15-24(31)29-11-8-18(9-12-29)30-25-19-4-2-1-3-16(19)13-22(25)33-26(30)32/h1-7,10,14,18,22,25H,8-9,11-13,15H2/t22-,25+/m1/s1. The minimum atomic E-state index is -0.316. The average Bonchev–Trinajstić information content (AvgIpc) is 3.36.